The maximum Gasteiger partial charge on any atom is 0.290 e. The van der Waals surface area contributed by atoms with Gasteiger partial charge in [0.05, 0.1) is 14.2 Å². The Morgan fingerprint density at radius 1 is 0.848 bits per heavy atom. The number of hydrogen-bond donors (Lipinski definition) is 3. The minimum Gasteiger partial charge on any atom is -0.497 e. The van der Waals surface area contributed by atoms with Crippen LogP contribution in [0.25, 0.3) is 0 Å². The lowest BCUT2D eigenvalue weighted by atomic mass is 10.1. The zero-order valence-electron chi connectivity index (χ0n) is 18.3. The fourth-order valence-electron chi connectivity index (χ4n) is 2.74. The Bertz CT molecular complexity index is 974. The molecule has 172 valence electrons. The SMILES string of the molecule is COc1ccc(CNC(=O)c2ccnc(C(=O)NCc3ccc(OC)cc3)c2)cc1.O=CO. The summed E-state index contributed by atoms with van der Waals surface area (Å²) < 4.78 is 10.2. The maximum atomic E-state index is 12.4. The quantitative estimate of drug-likeness (QED) is 0.449. The van der Waals surface area contributed by atoms with E-state index in [-0.39, 0.29) is 24.0 Å². The molecule has 9 heteroatoms. The molecule has 0 aliphatic rings. The van der Waals surface area contributed by atoms with Gasteiger partial charge in [0, 0.05) is 24.8 Å². The zero-order valence-corrected chi connectivity index (χ0v) is 18.3. The van der Waals surface area contributed by atoms with E-state index in [9.17, 15) is 9.59 Å². The number of carbonyl (C=O) groups is 3. The third-order valence-electron chi connectivity index (χ3n) is 4.48. The lowest BCUT2D eigenvalue weighted by Gasteiger charge is -2.08. The van der Waals surface area contributed by atoms with Crippen LogP contribution in [0.1, 0.15) is 32.0 Å². The van der Waals surface area contributed by atoms with Crippen molar-refractivity contribution >= 4 is 18.3 Å². The number of pyridine rings is 1. The second kappa shape index (κ2) is 13.1. The number of nitrogens with zero attached hydrogens (tertiary/aromatic N) is 1. The van der Waals surface area contributed by atoms with Crippen molar-refractivity contribution in [2.45, 2.75) is 13.1 Å². The van der Waals surface area contributed by atoms with E-state index in [0.29, 0.717) is 18.7 Å². The number of ether oxygens (including phenoxy) is 2. The summed E-state index contributed by atoms with van der Waals surface area (Å²) in [6, 6.07) is 17.9. The van der Waals surface area contributed by atoms with E-state index in [4.69, 9.17) is 19.4 Å². The van der Waals surface area contributed by atoms with E-state index in [1.165, 1.54) is 12.3 Å². The van der Waals surface area contributed by atoms with Gasteiger partial charge in [-0.25, -0.2) is 0 Å². The van der Waals surface area contributed by atoms with E-state index < -0.39 is 0 Å². The summed E-state index contributed by atoms with van der Waals surface area (Å²) in [5.41, 5.74) is 2.42. The van der Waals surface area contributed by atoms with E-state index in [1.807, 2.05) is 48.5 Å². The molecule has 0 radical (unpaired) electrons. The molecule has 2 amide bonds. The summed E-state index contributed by atoms with van der Waals surface area (Å²) in [6.07, 6.45) is 1.45. The second-order valence-electron chi connectivity index (χ2n) is 6.60. The minimum absolute atomic E-state index is 0.181. The molecule has 1 heterocycles. The van der Waals surface area contributed by atoms with Crippen LogP contribution in [0.3, 0.4) is 0 Å². The Hall–Kier alpha value is -4.40. The van der Waals surface area contributed by atoms with Crippen LogP contribution >= 0.6 is 0 Å². The van der Waals surface area contributed by atoms with Crippen LogP contribution in [-0.4, -0.2) is 42.6 Å². The van der Waals surface area contributed by atoms with Gasteiger partial charge in [-0.05, 0) is 47.5 Å². The van der Waals surface area contributed by atoms with Gasteiger partial charge in [-0.3, -0.25) is 19.4 Å². The molecule has 0 bridgehead atoms. The number of methoxy groups -OCH3 is 2. The largest absolute Gasteiger partial charge is 0.497 e. The third kappa shape index (κ3) is 7.98. The van der Waals surface area contributed by atoms with Gasteiger partial charge in [0.1, 0.15) is 17.2 Å². The fourth-order valence-corrected chi connectivity index (χ4v) is 2.74. The van der Waals surface area contributed by atoms with Gasteiger partial charge in [-0.15, -0.1) is 0 Å². The fraction of sp³-hybridized carbons (Fsp3) is 0.167. The highest BCUT2D eigenvalue weighted by atomic mass is 16.5. The van der Waals surface area contributed by atoms with E-state index in [2.05, 4.69) is 15.6 Å². The number of nitrogens with one attached hydrogen (secondary N) is 2. The van der Waals surface area contributed by atoms with Crippen molar-refractivity contribution < 1.29 is 29.0 Å². The normalized spacial score (nSPS) is 9.64. The van der Waals surface area contributed by atoms with Crippen molar-refractivity contribution in [1.82, 2.24) is 15.6 Å². The minimum atomic E-state index is -0.351. The number of hydrogen-bond acceptors (Lipinski definition) is 6. The van der Waals surface area contributed by atoms with Crippen LogP contribution < -0.4 is 20.1 Å². The molecule has 0 saturated heterocycles. The summed E-state index contributed by atoms with van der Waals surface area (Å²) in [5, 5.41) is 12.5. The number of carboxylic acid groups (broad SMARTS) is 1. The van der Waals surface area contributed by atoms with Crippen LogP contribution in [0.4, 0.5) is 0 Å². The molecule has 0 aliphatic carbocycles. The molecule has 0 saturated carbocycles. The Balaban J connectivity index is 0.00000122. The van der Waals surface area contributed by atoms with Crippen molar-refractivity contribution in [1.29, 1.82) is 0 Å². The maximum absolute atomic E-state index is 12.4. The standard InChI is InChI=1S/C23H23N3O4.CH2O2/c1-29-19-7-3-16(4-8-19)14-25-22(27)18-11-12-24-21(13-18)23(28)26-15-17-5-9-20(30-2)10-6-17;2-1-3/h3-13H,14-15H2,1-2H3,(H,25,27)(H,26,28);1H,(H,2,3). The lowest BCUT2D eigenvalue weighted by molar-refractivity contribution is -0.122. The van der Waals surface area contributed by atoms with Crippen LogP contribution in [0, 0.1) is 0 Å². The Morgan fingerprint density at radius 3 is 1.76 bits per heavy atom. The summed E-state index contributed by atoms with van der Waals surface area (Å²) in [4.78, 5) is 37.3. The monoisotopic (exact) mass is 451 g/mol. The van der Waals surface area contributed by atoms with Crippen molar-refractivity contribution in [3.05, 3.63) is 89.2 Å². The Labute approximate surface area is 191 Å². The molecule has 3 N–H and O–H groups in total. The van der Waals surface area contributed by atoms with E-state index >= 15 is 0 Å². The van der Waals surface area contributed by atoms with Gasteiger partial charge in [0.2, 0.25) is 0 Å². The smallest absolute Gasteiger partial charge is 0.290 e. The Morgan fingerprint density at radius 2 is 1.30 bits per heavy atom. The number of aromatic nitrogens is 1. The first-order valence-corrected chi connectivity index (χ1v) is 9.87. The molecule has 2 aromatic carbocycles. The second-order valence-corrected chi connectivity index (χ2v) is 6.60. The van der Waals surface area contributed by atoms with Crippen molar-refractivity contribution in [3.63, 3.8) is 0 Å². The van der Waals surface area contributed by atoms with Gasteiger partial charge in [-0.2, -0.15) is 0 Å². The van der Waals surface area contributed by atoms with Crippen molar-refractivity contribution in [2.24, 2.45) is 0 Å². The van der Waals surface area contributed by atoms with Gasteiger partial charge in [-0.1, -0.05) is 24.3 Å². The lowest BCUT2D eigenvalue weighted by Crippen LogP contribution is -2.26. The number of benzene rings is 2. The van der Waals surface area contributed by atoms with Crippen LogP contribution in [0.2, 0.25) is 0 Å². The molecular formula is C24H25N3O6. The third-order valence-corrected chi connectivity index (χ3v) is 4.48. The number of rotatable bonds is 8. The molecule has 33 heavy (non-hydrogen) atoms. The Kier molecular flexibility index (Phi) is 9.88. The summed E-state index contributed by atoms with van der Waals surface area (Å²) in [5.74, 6) is 0.873. The van der Waals surface area contributed by atoms with Crippen molar-refractivity contribution in [3.8, 4) is 11.5 Å². The summed E-state index contributed by atoms with van der Waals surface area (Å²) in [7, 11) is 3.20. The zero-order chi connectivity index (χ0) is 24.1. The predicted molar refractivity (Wildman–Crippen MR) is 121 cm³/mol. The molecule has 3 aromatic rings. The molecule has 9 nitrogen and oxygen atoms in total. The molecule has 0 atom stereocenters. The van der Waals surface area contributed by atoms with Gasteiger partial charge in [0.15, 0.2) is 0 Å². The molecule has 0 fully saturated rings. The van der Waals surface area contributed by atoms with Crippen LogP contribution in [-0.2, 0) is 17.9 Å². The van der Waals surface area contributed by atoms with Crippen molar-refractivity contribution in [2.75, 3.05) is 14.2 Å². The average molecular weight is 451 g/mol. The van der Waals surface area contributed by atoms with Gasteiger partial charge in [0.25, 0.3) is 18.3 Å². The molecule has 3 rings (SSSR count). The molecule has 0 spiro atoms. The average Bonchev–Trinajstić information content (AvgIpc) is 2.87. The molecule has 0 aliphatic heterocycles. The molecule has 0 unspecified atom stereocenters. The first-order chi connectivity index (χ1) is 16.0. The first kappa shape index (κ1) is 24.9. The number of carbonyl (C=O) groups excluding carboxylic acids is 2. The first-order valence-electron chi connectivity index (χ1n) is 9.87. The number of amides is 2. The van der Waals surface area contributed by atoms with Gasteiger partial charge >= 0.3 is 0 Å². The highest BCUT2D eigenvalue weighted by molar-refractivity contribution is 5.98. The van der Waals surface area contributed by atoms with Crippen LogP contribution in [0.15, 0.2) is 66.9 Å². The topological polar surface area (TPSA) is 127 Å². The summed E-state index contributed by atoms with van der Waals surface area (Å²) in [6.45, 7) is 0.461. The van der Waals surface area contributed by atoms with Crippen LogP contribution in [0.5, 0.6) is 11.5 Å². The molecular weight excluding hydrogens is 426 g/mol. The van der Waals surface area contributed by atoms with E-state index in [0.717, 1.165) is 22.6 Å². The molecule has 1 aromatic heterocycles. The summed E-state index contributed by atoms with van der Waals surface area (Å²) >= 11 is 0. The highest BCUT2D eigenvalue weighted by Gasteiger charge is 2.12. The van der Waals surface area contributed by atoms with E-state index in [1.54, 1.807) is 20.3 Å². The van der Waals surface area contributed by atoms with Gasteiger partial charge < -0.3 is 25.2 Å². The predicted octanol–water partition coefficient (Wildman–Crippen LogP) is 2.66. The highest BCUT2D eigenvalue weighted by Crippen LogP contribution is 2.12.